The summed E-state index contributed by atoms with van der Waals surface area (Å²) in [4.78, 5) is 2.68. The zero-order valence-electron chi connectivity index (χ0n) is 11.3. The molecule has 2 aromatic rings. The maximum Gasteiger partial charge on any atom is 0.121 e. The topological polar surface area (TPSA) is 30.5 Å². The molecule has 2 rings (SSSR count). The van der Waals surface area contributed by atoms with Gasteiger partial charge in [-0.15, -0.1) is 11.3 Å². The average Bonchev–Trinajstić information content (AvgIpc) is 2.83. The smallest absolute Gasteiger partial charge is 0.121 e. The minimum atomic E-state index is 0.573. The Kier molecular flexibility index (Phi) is 5.24. The monoisotopic (exact) mass is 277 g/mol. The summed E-state index contributed by atoms with van der Waals surface area (Å²) in [5.74, 6) is 0.865. The van der Waals surface area contributed by atoms with E-state index in [1.54, 1.807) is 7.11 Å². The number of benzene rings is 1. The van der Waals surface area contributed by atoms with E-state index in [1.807, 2.05) is 35.6 Å². The van der Waals surface area contributed by atoms with Crippen LogP contribution in [-0.4, -0.2) is 20.3 Å². The van der Waals surface area contributed by atoms with Crippen LogP contribution in [0.2, 0.25) is 0 Å². The van der Waals surface area contributed by atoms with E-state index in [4.69, 9.17) is 9.47 Å². The van der Waals surface area contributed by atoms with Crippen molar-refractivity contribution in [3.05, 3.63) is 46.2 Å². The number of hydrogen-bond donors (Lipinski definition) is 1. The van der Waals surface area contributed by atoms with Crippen LogP contribution >= 0.6 is 11.3 Å². The first-order valence-electron chi connectivity index (χ1n) is 6.29. The van der Waals surface area contributed by atoms with E-state index in [-0.39, 0.29) is 0 Å². The molecular formula is C15H19NO2S. The standard InChI is InChI=1S/C15H19NO2S/c1-12-6-7-15(19-12)11-16-13-4-3-5-14(10-13)18-9-8-17-2/h3-7,10,16H,8-9,11H2,1-2H3. The van der Waals surface area contributed by atoms with Gasteiger partial charge < -0.3 is 14.8 Å². The highest BCUT2D eigenvalue weighted by atomic mass is 32.1. The summed E-state index contributed by atoms with van der Waals surface area (Å²) in [6.45, 7) is 4.15. The van der Waals surface area contributed by atoms with Gasteiger partial charge in [0.15, 0.2) is 0 Å². The highest BCUT2D eigenvalue weighted by Crippen LogP contribution is 2.20. The minimum Gasteiger partial charge on any atom is -0.491 e. The summed E-state index contributed by atoms with van der Waals surface area (Å²) in [6, 6.07) is 12.3. The molecule has 0 saturated carbocycles. The van der Waals surface area contributed by atoms with Crippen molar-refractivity contribution >= 4 is 17.0 Å². The maximum atomic E-state index is 5.58. The molecule has 3 nitrogen and oxygen atoms in total. The van der Waals surface area contributed by atoms with E-state index in [9.17, 15) is 0 Å². The second-order valence-electron chi connectivity index (χ2n) is 4.24. The lowest BCUT2D eigenvalue weighted by molar-refractivity contribution is 0.146. The van der Waals surface area contributed by atoms with Crippen LogP contribution in [0.25, 0.3) is 0 Å². The number of thiophene rings is 1. The lowest BCUT2D eigenvalue weighted by Crippen LogP contribution is -2.04. The zero-order chi connectivity index (χ0) is 13.5. The Hall–Kier alpha value is -1.52. The van der Waals surface area contributed by atoms with Crippen molar-refractivity contribution in [2.24, 2.45) is 0 Å². The largest absolute Gasteiger partial charge is 0.491 e. The van der Waals surface area contributed by atoms with Crippen LogP contribution in [0.5, 0.6) is 5.75 Å². The molecule has 1 aromatic heterocycles. The molecule has 0 radical (unpaired) electrons. The van der Waals surface area contributed by atoms with Crippen LogP contribution in [0.1, 0.15) is 9.75 Å². The first-order valence-corrected chi connectivity index (χ1v) is 7.10. The molecule has 0 aliphatic rings. The zero-order valence-corrected chi connectivity index (χ0v) is 12.1. The molecule has 0 fully saturated rings. The van der Waals surface area contributed by atoms with Gasteiger partial charge in [0.25, 0.3) is 0 Å². The molecule has 0 amide bonds. The maximum absolute atomic E-state index is 5.58. The summed E-state index contributed by atoms with van der Waals surface area (Å²) >= 11 is 1.82. The third-order valence-electron chi connectivity index (χ3n) is 2.65. The predicted molar refractivity (Wildman–Crippen MR) is 80.2 cm³/mol. The Balaban J connectivity index is 1.87. The Morgan fingerprint density at radius 1 is 1.16 bits per heavy atom. The number of nitrogens with one attached hydrogen (secondary N) is 1. The third kappa shape index (κ3) is 4.58. The van der Waals surface area contributed by atoms with Gasteiger partial charge in [-0.05, 0) is 31.2 Å². The number of ether oxygens (including phenoxy) is 2. The van der Waals surface area contributed by atoms with E-state index in [1.165, 1.54) is 9.75 Å². The molecule has 0 aliphatic carbocycles. The molecule has 0 spiro atoms. The van der Waals surface area contributed by atoms with Crippen molar-refractivity contribution in [3.8, 4) is 5.75 Å². The molecule has 0 unspecified atom stereocenters. The molecular weight excluding hydrogens is 258 g/mol. The normalized spacial score (nSPS) is 10.4. The van der Waals surface area contributed by atoms with Crippen LogP contribution in [0.3, 0.4) is 0 Å². The summed E-state index contributed by atoms with van der Waals surface area (Å²) < 4.78 is 10.5. The minimum absolute atomic E-state index is 0.573. The highest BCUT2D eigenvalue weighted by Gasteiger charge is 1.99. The van der Waals surface area contributed by atoms with Crippen LogP contribution in [-0.2, 0) is 11.3 Å². The molecule has 1 N–H and O–H groups in total. The van der Waals surface area contributed by atoms with Gasteiger partial charge >= 0.3 is 0 Å². The molecule has 1 heterocycles. The lowest BCUT2D eigenvalue weighted by Gasteiger charge is -2.09. The molecule has 1 aromatic carbocycles. The van der Waals surface area contributed by atoms with E-state index in [0.29, 0.717) is 13.2 Å². The summed E-state index contributed by atoms with van der Waals surface area (Å²) in [6.07, 6.45) is 0. The second kappa shape index (κ2) is 7.16. The van der Waals surface area contributed by atoms with Gasteiger partial charge in [0, 0.05) is 35.2 Å². The Morgan fingerprint density at radius 3 is 2.79 bits per heavy atom. The van der Waals surface area contributed by atoms with Gasteiger partial charge in [-0.1, -0.05) is 6.07 Å². The summed E-state index contributed by atoms with van der Waals surface area (Å²) in [5.41, 5.74) is 1.07. The SMILES string of the molecule is COCCOc1cccc(NCc2ccc(C)s2)c1. The van der Waals surface area contributed by atoms with E-state index >= 15 is 0 Å². The molecule has 4 heteroatoms. The molecule has 19 heavy (non-hydrogen) atoms. The van der Waals surface area contributed by atoms with E-state index < -0.39 is 0 Å². The van der Waals surface area contributed by atoms with Gasteiger partial charge in [-0.25, -0.2) is 0 Å². The Bertz CT molecular complexity index is 510. The fraction of sp³-hybridized carbons (Fsp3) is 0.333. The van der Waals surface area contributed by atoms with Crippen molar-refractivity contribution < 1.29 is 9.47 Å². The highest BCUT2D eigenvalue weighted by molar-refractivity contribution is 7.11. The van der Waals surface area contributed by atoms with Crippen LogP contribution < -0.4 is 10.1 Å². The van der Waals surface area contributed by atoms with Crippen molar-refractivity contribution in [2.45, 2.75) is 13.5 Å². The van der Waals surface area contributed by atoms with Crippen LogP contribution in [0.4, 0.5) is 5.69 Å². The first kappa shape index (κ1) is 13.9. The van der Waals surface area contributed by atoms with Crippen molar-refractivity contribution in [2.75, 3.05) is 25.6 Å². The van der Waals surface area contributed by atoms with Gasteiger partial charge in [0.1, 0.15) is 12.4 Å². The fourth-order valence-corrected chi connectivity index (χ4v) is 2.54. The van der Waals surface area contributed by atoms with Crippen LogP contribution in [0, 0.1) is 6.92 Å². The number of aryl methyl sites for hydroxylation is 1. The van der Waals surface area contributed by atoms with Gasteiger partial charge in [-0.3, -0.25) is 0 Å². The van der Waals surface area contributed by atoms with E-state index in [2.05, 4.69) is 24.4 Å². The van der Waals surface area contributed by atoms with Gasteiger partial charge in [0.05, 0.1) is 6.61 Å². The lowest BCUT2D eigenvalue weighted by atomic mass is 10.3. The third-order valence-corrected chi connectivity index (χ3v) is 3.65. The Morgan fingerprint density at radius 2 is 2.05 bits per heavy atom. The van der Waals surface area contributed by atoms with Crippen molar-refractivity contribution in [1.29, 1.82) is 0 Å². The fourth-order valence-electron chi connectivity index (χ4n) is 1.71. The Labute approximate surface area is 118 Å². The molecule has 0 aliphatic heterocycles. The predicted octanol–water partition coefficient (Wildman–Crippen LogP) is 3.69. The van der Waals surface area contributed by atoms with Gasteiger partial charge in [0.2, 0.25) is 0 Å². The van der Waals surface area contributed by atoms with Crippen LogP contribution in [0.15, 0.2) is 36.4 Å². The molecule has 0 bridgehead atoms. The molecule has 102 valence electrons. The summed E-state index contributed by atoms with van der Waals surface area (Å²) in [5, 5.41) is 3.40. The average molecular weight is 277 g/mol. The first-order chi connectivity index (χ1) is 9.28. The number of hydrogen-bond acceptors (Lipinski definition) is 4. The molecule has 0 saturated heterocycles. The van der Waals surface area contributed by atoms with Crippen molar-refractivity contribution in [3.63, 3.8) is 0 Å². The number of methoxy groups -OCH3 is 1. The quantitative estimate of drug-likeness (QED) is 0.783. The van der Waals surface area contributed by atoms with E-state index in [0.717, 1.165) is 18.0 Å². The number of anilines is 1. The molecule has 0 atom stereocenters. The van der Waals surface area contributed by atoms with Crippen molar-refractivity contribution in [1.82, 2.24) is 0 Å². The van der Waals surface area contributed by atoms with Gasteiger partial charge in [-0.2, -0.15) is 0 Å². The second-order valence-corrected chi connectivity index (χ2v) is 5.61. The number of rotatable bonds is 7. The summed E-state index contributed by atoms with van der Waals surface area (Å²) in [7, 11) is 1.67.